The van der Waals surface area contributed by atoms with E-state index in [0.717, 1.165) is 18.9 Å². The Balaban J connectivity index is 1.88. The van der Waals surface area contributed by atoms with Crippen molar-refractivity contribution in [3.8, 4) is 5.88 Å². The third-order valence-electron chi connectivity index (χ3n) is 2.83. The Hall–Kier alpha value is -2.17. The first-order chi connectivity index (χ1) is 9.70. The predicted molar refractivity (Wildman–Crippen MR) is 74.0 cm³/mol. The van der Waals surface area contributed by atoms with Crippen molar-refractivity contribution in [2.24, 2.45) is 0 Å². The van der Waals surface area contributed by atoms with Gasteiger partial charge < -0.3 is 10.1 Å². The van der Waals surface area contributed by atoms with Crippen LogP contribution < -0.4 is 10.1 Å². The Morgan fingerprint density at radius 3 is 2.60 bits per heavy atom. The lowest BCUT2D eigenvalue weighted by Gasteiger charge is -2.08. The van der Waals surface area contributed by atoms with E-state index in [4.69, 9.17) is 4.74 Å². The first-order valence-electron chi connectivity index (χ1n) is 6.41. The van der Waals surface area contributed by atoms with Gasteiger partial charge in [-0.15, -0.1) is 0 Å². The molecular formula is C15H16F2N2O. The summed E-state index contributed by atoms with van der Waals surface area (Å²) in [6.45, 7) is 0.327. The zero-order valence-corrected chi connectivity index (χ0v) is 11.2. The number of hydrogen-bond donors (Lipinski definition) is 1. The second-order valence-electron chi connectivity index (χ2n) is 4.29. The molecule has 0 saturated heterocycles. The van der Waals surface area contributed by atoms with Crippen molar-refractivity contribution in [1.82, 2.24) is 4.98 Å². The van der Waals surface area contributed by atoms with E-state index in [2.05, 4.69) is 10.3 Å². The highest BCUT2D eigenvalue weighted by atomic mass is 19.1. The van der Waals surface area contributed by atoms with Crippen LogP contribution in [0.15, 0.2) is 36.4 Å². The maximum atomic E-state index is 13.5. The van der Waals surface area contributed by atoms with Crippen molar-refractivity contribution < 1.29 is 13.5 Å². The summed E-state index contributed by atoms with van der Waals surface area (Å²) in [5.74, 6) is -1.73. The van der Waals surface area contributed by atoms with Gasteiger partial charge in [0.1, 0.15) is 0 Å². The third kappa shape index (κ3) is 3.66. The Morgan fingerprint density at radius 1 is 1.15 bits per heavy atom. The maximum Gasteiger partial charge on any atom is 0.252 e. The van der Waals surface area contributed by atoms with Crippen molar-refractivity contribution in [3.63, 3.8) is 0 Å². The topological polar surface area (TPSA) is 34.2 Å². The highest BCUT2D eigenvalue weighted by molar-refractivity contribution is 5.38. The number of anilines is 1. The van der Waals surface area contributed by atoms with E-state index in [-0.39, 0.29) is 11.7 Å². The quantitative estimate of drug-likeness (QED) is 0.822. The van der Waals surface area contributed by atoms with Crippen molar-refractivity contribution in [2.75, 3.05) is 19.0 Å². The fourth-order valence-corrected chi connectivity index (χ4v) is 1.82. The minimum atomic E-state index is -0.791. The molecule has 1 aromatic heterocycles. The maximum absolute atomic E-state index is 13.5. The van der Waals surface area contributed by atoms with E-state index >= 15 is 0 Å². The first kappa shape index (κ1) is 14.2. The smallest absolute Gasteiger partial charge is 0.252 e. The molecule has 1 aromatic carbocycles. The van der Waals surface area contributed by atoms with Crippen LogP contribution >= 0.6 is 0 Å². The molecule has 0 aliphatic rings. The van der Waals surface area contributed by atoms with Gasteiger partial charge in [0, 0.05) is 13.1 Å². The molecule has 20 heavy (non-hydrogen) atoms. The van der Waals surface area contributed by atoms with E-state index < -0.39 is 11.6 Å². The van der Waals surface area contributed by atoms with Crippen LogP contribution in [0.25, 0.3) is 0 Å². The summed E-state index contributed by atoms with van der Waals surface area (Å²) in [4.78, 5) is 3.75. The number of aromatic nitrogens is 1. The second-order valence-corrected chi connectivity index (χ2v) is 4.29. The summed E-state index contributed by atoms with van der Waals surface area (Å²) >= 11 is 0. The largest absolute Gasteiger partial charge is 0.476 e. The van der Waals surface area contributed by atoms with Gasteiger partial charge in [0.2, 0.25) is 0 Å². The molecule has 3 nitrogen and oxygen atoms in total. The summed E-state index contributed by atoms with van der Waals surface area (Å²) in [5, 5.41) is 2.55. The minimum Gasteiger partial charge on any atom is -0.476 e. The zero-order chi connectivity index (χ0) is 14.4. The fourth-order valence-electron chi connectivity index (χ4n) is 1.82. The molecule has 0 bridgehead atoms. The normalized spacial score (nSPS) is 10.3. The molecule has 5 heteroatoms. The SMILES string of the molecule is CNc1nc(OCCCc2ccccc2)c(F)cc1F. The molecule has 106 valence electrons. The van der Waals surface area contributed by atoms with Gasteiger partial charge in [0.15, 0.2) is 17.5 Å². The van der Waals surface area contributed by atoms with Crippen molar-refractivity contribution >= 4 is 5.82 Å². The summed E-state index contributed by atoms with van der Waals surface area (Å²) in [7, 11) is 1.52. The number of aryl methyl sites for hydroxylation is 1. The Morgan fingerprint density at radius 2 is 1.90 bits per heavy atom. The molecule has 0 aliphatic heterocycles. The van der Waals surface area contributed by atoms with Gasteiger partial charge in [-0.25, -0.2) is 8.78 Å². The van der Waals surface area contributed by atoms with Gasteiger partial charge in [0.05, 0.1) is 6.61 Å². The number of pyridine rings is 1. The van der Waals surface area contributed by atoms with Crippen LogP contribution in [-0.2, 0) is 6.42 Å². The van der Waals surface area contributed by atoms with E-state index in [1.807, 2.05) is 30.3 Å². The predicted octanol–water partition coefficient (Wildman–Crippen LogP) is 3.41. The lowest BCUT2D eigenvalue weighted by molar-refractivity contribution is 0.282. The van der Waals surface area contributed by atoms with Crippen LogP contribution in [0.5, 0.6) is 5.88 Å². The number of nitrogens with one attached hydrogen (secondary N) is 1. The molecule has 0 atom stereocenters. The molecule has 1 heterocycles. The van der Waals surface area contributed by atoms with Gasteiger partial charge >= 0.3 is 0 Å². The van der Waals surface area contributed by atoms with Crippen LogP contribution in [0.3, 0.4) is 0 Å². The van der Waals surface area contributed by atoms with E-state index in [0.29, 0.717) is 6.61 Å². The highest BCUT2D eigenvalue weighted by Crippen LogP contribution is 2.20. The minimum absolute atomic E-state index is 0.0236. The molecule has 0 unspecified atom stereocenters. The molecule has 0 radical (unpaired) electrons. The van der Waals surface area contributed by atoms with Gasteiger partial charge in [-0.3, -0.25) is 0 Å². The third-order valence-corrected chi connectivity index (χ3v) is 2.83. The van der Waals surface area contributed by atoms with Gasteiger partial charge in [-0.05, 0) is 18.4 Å². The molecule has 2 aromatic rings. The Labute approximate surface area is 116 Å². The molecule has 0 spiro atoms. The van der Waals surface area contributed by atoms with E-state index in [1.54, 1.807) is 0 Å². The number of ether oxygens (including phenoxy) is 1. The van der Waals surface area contributed by atoms with Crippen LogP contribution in [-0.4, -0.2) is 18.6 Å². The monoisotopic (exact) mass is 278 g/mol. The summed E-state index contributed by atoms with van der Waals surface area (Å²) < 4.78 is 31.9. The molecule has 0 saturated carbocycles. The van der Waals surface area contributed by atoms with E-state index in [9.17, 15) is 8.78 Å². The number of halogens is 2. The summed E-state index contributed by atoms with van der Waals surface area (Å²) in [6, 6.07) is 10.7. The molecule has 0 fully saturated rings. The van der Waals surface area contributed by atoms with Crippen molar-refractivity contribution in [3.05, 3.63) is 53.6 Å². The average Bonchev–Trinajstić information content (AvgIpc) is 2.46. The van der Waals surface area contributed by atoms with Crippen molar-refractivity contribution in [2.45, 2.75) is 12.8 Å². The van der Waals surface area contributed by atoms with Crippen LogP contribution in [0, 0.1) is 11.6 Å². The lowest BCUT2D eigenvalue weighted by Crippen LogP contribution is -2.06. The van der Waals surface area contributed by atoms with Crippen LogP contribution in [0.2, 0.25) is 0 Å². The lowest BCUT2D eigenvalue weighted by atomic mass is 10.1. The van der Waals surface area contributed by atoms with Gasteiger partial charge in [0.25, 0.3) is 5.88 Å². The van der Waals surface area contributed by atoms with Gasteiger partial charge in [-0.2, -0.15) is 4.98 Å². The van der Waals surface area contributed by atoms with Crippen LogP contribution in [0.1, 0.15) is 12.0 Å². The number of benzene rings is 1. The Bertz CT molecular complexity index is 561. The number of rotatable bonds is 6. The van der Waals surface area contributed by atoms with Crippen LogP contribution in [0.4, 0.5) is 14.6 Å². The molecule has 0 amide bonds. The van der Waals surface area contributed by atoms with E-state index in [1.165, 1.54) is 12.6 Å². The number of hydrogen-bond acceptors (Lipinski definition) is 3. The second kappa shape index (κ2) is 6.84. The standard InChI is InChI=1S/C15H16F2N2O/c1-18-14-12(16)10-13(17)15(19-14)20-9-5-8-11-6-3-2-4-7-11/h2-4,6-7,10H,5,8-9H2,1H3,(H,18,19). The highest BCUT2D eigenvalue weighted by Gasteiger charge is 2.11. The zero-order valence-electron chi connectivity index (χ0n) is 11.2. The van der Waals surface area contributed by atoms with Crippen molar-refractivity contribution in [1.29, 1.82) is 0 Å². The van der Waals surface area contributed by atoms with Gasteiger partial charge in [-0.1, -0.05) is 30.3 Å². The summed E-state index contributed by atoms with van der Waals surface area (Å²) in [6.07, 6.45) is 1.57. The number of nitrogens with zero attached hydrogens (tertiary/aromatic N) is 1. The average molecular weight is 278 g/mol. The molecule has 1 N–H and O–H groups in total. The molecular weight excluding hydrogens is 262 g/mol. The summed E-state index contributed by atoms with van der Waals surface area (Å²) in [5.41, 5.74) is 1.19. The molecule has 2 rings (SSSR count). The Kier molecular flexibility index (Phi) is 4.87. The first-order valence-corrected chi connectivity index (χ1v) is 6.41. The molecule has 0 aliphatic carbocycles. The fraction of sp³-hybridized carbons (Fsp3) is 0.267.